The molecule has 1 aromatic heterocycles. The predicted molar refractivity (Wildman–Crippen MR) is 156 cm³/mol. The minimum Gasteiger partial charge on any atom is -0.364 e. The van der Waals surface area contributed by atoms with E-state index in [1.54, 1.807) is 40.0 Å². The molecule has 0 N–H and O–H groups in total. The molecule has 12 nitrogen and oxygen atoms in total. The molecule has 0 aromatic carbocycles. The third kappa shape index (κ3) is 15.1. The van der Waals surface area contributed by atoms with Gasteiger partial charge in [0.2, 0.25) is 17.8 Å². The van der Waals surface area contributed by atoms with E-state index < -0.39 is 0 Å². The highest BCUT2D eigenvalue weighted by Gasteiger charge is 2.21. The van der Waals surface area contributed by atoms with Crippen molar-refractivity contribution in [3.05, 3.63) is 38.0 Å². The zero-order chi connectivity index (χ0) is 28.7. The Hall–Kier alpha value is -2.39. The van der Waals surface area contributed by atoms with Crippen LogP contribution in [0.2, 0.25) is 19.1 Å². The maximum atomic E-state index is 5.99. The van der Waals surface area contributed by atoms with Crippen molar-refractivity contribution in [2.75, 3.05) is 95.2 Å². The van der Waals surface area contributed by atoms with Gasteiger partial charge in [-0.05, 0) is 13.3 Å². The molecule has 13 heteroatoms. The van der Waals surface area contributed by atoms with Gasteiger partial charge in [0, 0.05) is 29.1 Å². The third-order valence-electron chi connectivity index (χ3n) is 4.85. The van der Waals surface area contributed by atoms with Crippen LogP contribution in [-0.2, 0) is 28.4 Å². The second-order valence-corrected chi connectivity index (χ2v) is 11.5. The molecular formula is C26H47N6O6Si. The highest BCUT2D eigenvalue weighted by Crippen LogP contribution is 2.20. The Labute approximate surface area is 235 Å². The van der Waals surface area contributed by atoms with Crippen molar-refractivity contribution < 1.29 is 28.4 Å². The third-order valence-corrected chi connectivity index (χ3v) is 6.20. The summed E-state index contributed by atoms with van der Waals surface area (Å²) < 4.78 is 34.2. The predicted octanol–water partition coefficient (Wildman–Crippen LogP) is 3.49. The van der Waals surface area contributed by atoms with Crippen molar-refractivity contribution >= 4 is 26.6 Å². The molecule has 1 aromatic rings. The van der Waals surface area contributed by atoms with Gasteiger partial charge in [-0.15, -0.1) is 19.7 Å². The Morgan fingerprint density at radius 2 is 1.08 bits per heavy atom. The van der Waals surface area contributed by atoms with Gasteiger partial charge in [-0.2, -0.15) is 15.0 Å². The number of ether oxygens (including phenoxy) is 6. The van der Waals surface area contributed by atoms with Gasteiger partial charge < -0.3 is 28.4 Å². The first-order chi connectivity index (χ1) is 19.0. The Kier molecular flexibility index (Phi) is 19.9. The fourth-order valence-electron chi connectivity index (χ4n) is 3.02. The van der Waals surface area contributed by atoms with Crippen molar-refractivity contribution in [1.82, 2.24) is 15.0 Å². The van der Waals surface area contributed by atoms with Gasteiger partial charge in [0.1, 0.15) is 40.4 Å². The molecule has 0 aliphatic carbocycles. The summed E-state index contributed by atoms with van der Waals surface area (Å²) in [6.45, 7) is 21.1. The van der Waals surface area contributed by atoms with Crippen LogP contribution in [0.25, 0.3) is 0 Å². The fraction of sp³-hybridized carbons (Fsp3) is 0.654. The number of hydrogen-bond donors (Lipinski definition) is 0. The van der Waals surface area contributed by atoms with Crippen molar-refractivity contribution in [1.29, 1.82) is 0 Å². The van der Waals surface area contributed by atoms with E-state index in [4.69, 9.17) is 43.4 Å². The molecule has 1 radical (unpaired) electrons. The monoisotopic (exact) mass is 567 g/mol. The zero-order valence-electron chi connectivity index (χ0n) is 24.2. The van der Waals surface area contributed by atoms with Gasteiger partial charge in [0.25, 0.3) is 0 Å². The molecule has 221 valence electrons. The smallest absolute Gasteiger partial charge is 0.235 e. The van der Waals surface area contributed by atoms with Crippen LogP contribution in [0.5, 0.6) is 0 Å². The van der Waals surface area contributed by atoms with Crippen LogP contribution in [0, 0.1) is 0 Å². The zero-order valence-corrected chi connectivity index (χ0v) is 25.2. The maximum absolute atomic E-state index is 5.99. The molecule has 0 atom stereocenters. The van der Waals surface area contributed by atoms with Gasteiger partial charge in [0.05, 0.1) is 19.8 Å². The van der Waals surface area contributed by atoms with Gasteiger partial charge in [-0.3, -0.25) is 14.7 Å². The molecule has 39 heavy (non-hydrogen) atoms. The van der Waals surface area contributed by atoms with Gasteiger partial charge in [0.15, 0.2) is 0 Å². The molecule has 0 bridgehead atoms. The number of rotatable bonds is 26. The van der Waals surface area contributed by atoms with Gasteiger partial charge in [-0.25, -0.2) is 0 Å². The lowest BCUT2D eigenvalue weighted by molar-refractivity contribution is 0.0933. The maximum Gasteiger partial charge on any atom is 0.235 e. The standard InChI is InChI=1S/C26H47N6O6Si/c1-8-13-35-20-30(18-33-5)24-27-25(31(19-34-11-4)21-36-14-9-2)29-26(28-24)32(22-37-15-10-3)23-38-16-12-17-39(6)7/h8-10H,1-3,11-23H2,4-7H3. The summed E-state index contributed by atoms with van der Waals surface area (Å²) in [4.78, 5) is 19.5. The molecule has 1 rings (SSSR count). The number of hydrogen-bond acceptors (Lipinski definition) is 12. The topological polar surface area (TPSA) is 104 Å². The molecule has 0 spiro atoms. The number of aromatic nitrogens is 3. The van der Waals surface area contributed by atoms with Crippen LogP contribution in [0.4, 0.5) is 17.8 Å². The molecule has 0 saturated carbocycles. The summed E-state index contributed by atoms with van der Waals surface area (Å²) >= 11 is 0. The quantitative estimate of drug-likeness (QED) is 0.0708. The highest BCUT2D eigenvalue weighted by atomic mass is 28.3. The molecule has 0 saturated heterocycles. The minimum atomic E-state index is -0.299. The number of methoxy groups -OCH3 is 1. The first kappa shape index (κ1) is 34.6. The lowest BCUT2D eigenvalue weighted by Gasteiger charge is -2.28. The van der Waals surface area contributed by atoms with Gasteiger partial charge >= 0.3 is 0 Å². The van der Waals surface area contributed by atoms with E-state index in [0.29, 0.717) is 50.9 Å². The molecule has 0 aliphatic heterocycles. The van der Waals surface area contributed by atoms with Crippen molar-refractivity contribution in [2.45, 2.75) is 32.5 Å². The SMILES string of the molecule is C=CCOCN(COC)c1nc(N(COCC)COCC=C)nc(N(COCC=C)COCCC[Si](C)C)n1. The Bertz CT molecular complexity index is 806. The minimum absolute atomic E-state index is 0.183. The molecule has 0 fully saturated rings. The van der Waals surface area contributed by atoms with Crippen LogP contribution in [0.15, 0.2) is 38.0 Å². The molecule has 0 amide bonds. The highest BCUT2D eigenvalue weighted by molar-refractivity contribution is 6.55. The normalized spacial score (nSPS) is 11.0. The lowest BCUT2D eigenvalue weighted by atomic mass is 10.5. The van der Waals surface area contributed by atoms with E-state index in [1.165, 1.54) is 6.04 Å². The lowest BCUT2D eigenvalue weighted by Crippen LogP contribution is -2.36. The Balaban J connectivity index is 3.40. The van der Waals surface area contributed by atoms with Crippen molar-refractivity contribution in [2.24, 2.45) is 0 Å². The van der Waals surface area contributed by atoms with E-state index in [1.807, 2.05) is 6.92 Å². The average Bonchev–Trinajstić information content (AvgIpc) is 2.93. The Morgan fingerprint density at radius 3 is 1.46 bits per heavy atom. The summed E-state index contributed by atoms with van der Waals surface area (Å²) in [5.74, 6) is 1.07. The molecule has 0 unspecified atom stereocenters. The van der Waals surface area contributed by atoms with E-state index in [0.717, 1.165) is 6.42 Å². The van der Waals surface area contributed by atoms with Crippen LogP contribution in [-0.4, -0.2) is 104 Å². The van der Waals surface area contributed by atoms with Crippen LogP contribution < -0.4 is 14.7 Å². The summed E-state index contributed by atoms with van der Waals surface area (Å²) in [5.41, 5.74) is 0. The summed E-state index contributed by atoms with van der Waals surface area (Å²) in [5, 5.41) is 0. The molecule has 0 aliphatic rings. The first-order valence-corrected chi connectivity index (χ1v) is 15.7. The Morgan fingerprint density at radius 1 is 0.667 bits per heavy atom. The summed E-state index contributed by atoms with van der Waals surface area (Å²) in [6.07, 6.45) is 6.04. The van der Waals surface area contributed by atoms with E-state index in [9.17, 15) is 0 Å². The van der Waals surface area contributed by atoms with Crippen LogP contribution >= 0.6 is 0 Å². The van der Waals surface area contributed by atoms with E-state index >= 15 is 0 Å². The van der Waals surface area contributed by atoms with E-state index in [2.05, 4.69) is 32.8 Å². The average molecular weight is 568 g/mol. The second-order valence-electron chi connectivity index (χ2n) is 8.61. The number of nitrogens with zero attached hydrogens (tertiary/aromatic N) is 6. The molecule has 1 heterocycles. The summed E-state index contributed by atoms with van der Waals surface area (Å²) in [7, 11) is 1.29. The van der Waals surface area contributed by atoms with E-state index in [-0.39, 0.29) is 49.2 Å². The van der Waals surface area contributed by atoms with Crippen LogP contribution in [0.1, 0.15) is 13.3 Å². The number of anilines is 3. The van der Waals surface area contributed by atoms with Crippen molar-refractivity contribution in [3.63, 3.8) is 0 Å². The first-order valence-electron chi connectivity index (χ1n) is 13.0. The summed E-state index contributed by atoms with van der Waals surface area (Å²) in [6, 6.07) is 1.19. The fourth-order valence-corrected chi connectivity index (χ4v) is 3.88. The largest absolute Gasteiger partial charge is 0.364 e. The van der Waals surface area contributed by atoms with Crippen molar-refractivity contribution in [3.8, 4) is 0 Å². The molecular weight excluding hydrogens is 520 g/mol. The second kappa shape index (κ2) is 22.4. The van der Waals surface area contributed by atoms with Crippen LogP contribution in [0.3, 0.4) is 0 Å². The van der Waals surface area contributed by atoms with Gasteiger partial charge in [-0.1, -0.05) is 37.4 Å².